The van der Waals surface area contributed by atoms with Gasteiger partial charge in [-0.3, -0.25) is 0 Å². The van der Waals surface area contributed by atoms with Gasteiger partial charge in [-0.05, 0) is 4.57 Å². The zero-order valence-corrected chi connectivity index (χ0v) is 6.59. The van der Waals surface area contributed by atoms with E-state index in [0.29, 0.717) is 0 Å². The summed E-state index contributed by atoms with van der Waals surface area (Å²) in [6.07, 6.45) is 0. The van der Waals surface area contributed by atoms with Crippen LogP contribution in [0.3, 0.4) is 0 Å². The second-order valence-electron chi connectivity index (χ2n) is 1.09. The maximum absolute atomic E-state index is 10.2. The summed E-state index contributed by atoms with van der Waals surface area (Å²) in [6.45, 7) is -0.543. The summed E-state index contributed by atoms with van der Waals surface area (Å²) in [5.41, 5.74) is 0. The standard InChI is InChI=1S/C2H5O6P2/c3-1-2-7-10(6)8-9(4)5/h3H,1-2H2/q+1. The van der Waals surface area contributed by atoms with Crippen LogP contribution >= 0.6 is 16.5 Å². The molecule has 0 heterocycles. The SMILES string of the molecule is O=[P+]([O-])O[P+](=O)OCCO. The quantitative estimate of drug-likeness (QED) is 0.592. The highest BCUT2D eigenvalue weighted by molar-refractivity contribution is 7.46. The molecule has 2 unspecified atom stereocenters. The zero-order valence-electron chi connectivity index (χ0n) is 4.80. The Bertz CT molecular complexity index is 134. The highest BCUT2D eigenvalue weighted by Gasteiger charge is 2.29. The Labute approximate surface area is 58.7 Å². The highest BCUT2D eigenvalue weighted by atomic mass is 31.2. The topological polar surface area (TPSA) is 95.9 Å². The minimum atomic E-state index is -3.15. The lowest BCUT2D eigenvalue weighted by atomic mass is 10.8. The van der Waals surface area contributed by atoms with Crippen molar-refractivity contribution in [3.63, 3.8) is 0 Å². The molecular formula is C2H5O6P2+. The highest BCUT2D eigenvalue weighted by Crippen LogP contribution is 2.33. The number of hydrogen-bond acceptors (Lipinski definition) is 6. The summed E-state index contributed by atoms with van der Waals surface area (Å²) in [5, 5.41) is 8.09. The molecule has 0 spiro atoms. The van der Waals surface area contributed by atoms with E-state index in [1.807, 2.05) is 0 Å². The van der Waals surface area contributed by atoms with Crippen molar-refractivity contribution in [2.45, 2.75) is 0 Å². The second-order valence-corrected chi connectivity index (χ2v) is 2.89. The van der Waals surface area contributed by atoms with Crippen molar-refractivity contribution in [1.29, 1.82) is 0 Å². The van der Waals surface area contributed by atoms with Crippen LogP contribution in [0.2, 0.25) is 0 Å². The molecule has 0 bridgehead atoms. The lowest BCUT2D eigenvalue weighted by Crippen LogP contribution is -1.93. The maximum Gasteiger partial charge on any atom is 0.744 e. The minimum Gasteiger partial charge on any atom is -0.563 e. The monoisotopic (exact) mass is 187 g/mol. The van der Waals surface area contributed by atoms with Crippen LogP contribution in [0, 0.1) is 0 Å². The van der Waals surface area contributed by atoms with Crippen molar-refractivity contribution in [1.82, 2.24) is 0 Å². The van der Waals surface area contributed by atoms with Crippen LogP contribution in [-0.4, -0.2) is 18.3 Å². The van der Waals surface area contributed by atoms with E-state index in [0.717, 1.165) is 0 Å². The zero-order chi connectivity index (χ0) is 7.98. The number of aliphatic hydroxyl groups is 1. The van der Waals surface area contributed by atoms with E-state index < -0.39 is 16.5 Å². The molecule has 58 valence electrons. The lowest BCUT2D eigenvalue weighted by molar-refractivity contribution is -0.178. The molecule has 0 fully saturated rings. The maximum atomic E-state index is 10.2. The van der Waals surface area contributed by atoms with Crippen molar-refractivity contribution >= 4 is 16.5 Å². The molecule has 0 aromatic heterocycles. The average molecular weight is 187 g/mol. The molecule has 1 N–H and O–H groups in total. The molecule has 0 saturated heterocycles. The predicted octanol–water partition coefficient (Wildman–Crippen LogP) is -0.313. The van der Waals surface area contributed by atoms with Gasteiger partial charge in [-0.15, -0.1) is 4.52 Å². The van der Waals surface area contributed by atoms with E-state index in [1.165, 1.54) is 0 Å². The first-order chi connectivity index (χ1) is 4.66. The molecule has 2 atom stereocenters. The van der Waals surface area contributed by atoms with E-state index >= 15 is 0 Å². The summed E-state index contributed by atoms with van der Waals surface area (Å²) < 4.78 is 27.7. The van der Waals surface area contributed by atoms with Crippen LogP contribution < -0.4 is 4.89 Å². The molecule has 6 nitrogen and oxygen atoms in total. The Morgan fingerprint density at radius 2 is 2.10 bits per heavy atom. The van der Waals surface area contributed by atoms with Gasteiger partial charge in [0.2, 0.25) is 0 Å². The summed E-state index contributed by atoms with van der Waals surface area (Å²) >= 11 is 0. The number of hydrogen-bond donors (Lipinski definition) is 1. The summed E-state index contributed by atoms with van der Waals surface area (Å²) in [4.78, 5) is 9.66. The molecule has 0 radical (unpaired) electrons. The minimum absolute atomic E-state index is 0.210. The fourth-order valence-corrected chi connectivity index (χ4v) is 1.05. The van der Waals surface area contributed by atoms with E-state index in [9.17, 15) is 14.0 Å². The Kier molecular flexibility index (Phi) is 5.82. The second kappa shape index (κ2) is 5.80. The molecule has 0 rings (SSSR count). The first kappa shape index (κ1) is 10.0. The van der Waals surface area contributed by atoms with Crippen LogP contribution in [0.15, 0.2) is 0 Å². The lowest BCUT2D eigenvalue weighted by Gasteiger charge is -1.79. The van der Waals surface area contributed by atoms with Gasteiger partial charge in [-0.1, -0.05) is 0 Å². The summed E-state index contributed by atoms with van der Waals surface area (Å²) in [6, 6.07) is 0. The third-order valence-electron chi connectivity index (χ3n) is 0.421. The summed E-state index contributed by atoms with van der Waals surface area (Å²) in [5.74, 6) is 0. The molecular weight excluding hydrogens is 182 g/mol. The molecule has 0 aliphatic carbocycles. The fraction of sp³-hybridized carbons (Fsp3) is 1.00. The van der Waals surface area contributed by atoms with E-state index in [4.69, 9.17) is 5.11 Å². The molecule has 0 amide bonds. The Hall–Kier alpha value is 0.0400. The third-order valence-corrected chi connectivity index (χ3v) is 1.88. The van der Waals surface area contributed by atoms with Crippen LogP contribution in [0.5, 0.6) is 0 Å². The Morgan fingerprint density at radius 1 is 1.50 bits per heavy atom. The first-order valence-electron chi connectivity index (χ1n) is 2.20. The van der Waals surface area contributed by atoms with Gasteiger partial charge in [0.1, 0.15) is 10.9 Å². The van der Waals surface area contributed by atoms with Gasteiger partial charge < -0.3 is 10.00 Å². The molecule has 0 aromatic rings. The van der Waals surface area contributed by atoms with E-state index in [1.54, 1.807) is 0 Å². The Balaban J connectivity index is 3.35. The molecule has 10 heavy (non-hydrogen) atoms. The van der Waals surface area contributed by atoms with E-state index in [2.05, 4.69) is 8.83 Å². The van der Waals surface area contributed by atoms with E-state index in [-0.39, 0.29) is 13.2 Å². The van der Waals surface area contributed by atoms with Crippen LogP contribution in [0.25, 0.3) is 0 Å². The van der Waals surface area contributed by atoms with Crippen LogP contribution in [0.1, 0.15) is 0 Å². The average Bonchev–Trinajstić information content (AvgIpc) is 1.82. The molecule has 0 aliphatic rings. The molecule has 0 saturated carbocycles. The van der Waals surface area contributed by atoms with Gasteiger partial charge in [0.25, 0.3) is 0 Å². The van der Waals surface area contributed by atoms with Gasteiger partial charge in [0, 0.05) is 4.57 Å². The van der Waals surface area contributed by atoms with Crippen molar-refractivity contribution in [3.8, 4) is 0 Å². The molecule has 0 aromatic carbocycles. The first-order valence-corrected chi connectivity index (χ1v) is 4.39. The summed E-state index contributed by atoms with van der Waals surface area (Å²) in [7, 11) is -5.78. The van der Waals surface area contributed by atoms with Gasteiger partial charge in [0.05, 0.1) is 6.61 Å². The van der Waals surface area contributed by atoms with Crippen molar-refractivity contribution in [2.75, 3.05) is 13.2 Å². The van der Waals surface area contributed by atoms with Gasteiger partial charge in [-0.25, -0.2) is 0 Å². The molecule has 0 aliphatic heterocycles. The van der Waals surface area contributed by atoms with Crippen molar-refractivity contribution < 1.29 is 28.0 Å². The predicted molar refractivity (Wildman–Crippen MR) is 29.3 cm³/mol. The smallest absolute Gasteiger partial charge is 0.563 e. The van der Waals surface area contributed by atoms with Gasteiger partial charge >= 0.3 is 16.5 Å². The normalized spacial score (nSPS) is 13.0. The fourth-order valence-electron chi connectivity index (χ4n) is 0.193. The molecule has 8 heteroatoms. The van der Waals surface area contributed by atoms with Crippen LogP contribution in [-0.2, 0) is 18.0 Å². The van der Waals surface area contributed by atoms with Crippen LogP contribution in [0.4, 0.5) is 0 Å². The van der Waals surface area contributed by atoms with Gasteiger partial charge in [0.15, 0.2) is 0 Å². The Morgan fingerprint density at radius 3 is 2.50 bits per heavy atom. The number of aliphatic hydroxyl groups excluding tert-OH is 1. The van der Waals surface area contributed by atoms with Crippen molar-refractivity contribution in [2.24, 2.45) is 0 Å². The largest absolute Gasteiger partial charge is 0.744 e. The van der Waals surface area contributed by atoms with Gasteiger partial charge in [-0.2, -0.15) is 0 Å². The van der Waals surface area contributed by atoms with Crippen molar-refractivity contribution in [3.05, 3.63) is 0 Å². The third kappa shape index (κ3) is 6.16. The number of rotatable bonds is 5.